The van der Waals surface area contributed by atoms with Gasteiger partial charge in [-0.05, 0) is 45.8 Å². The van der Waals surface area contributed by atoms with E-state index in [9.17, 15) is 22.8 Å². The van der Waals surface area contributed by atoms with Crippen molar-refractivity contribution in [1.82, 2.24) is 9.88 Å². The van der Waals surface area contributed by atoms with Crippen LogP contribution in [0.5, 0.6) is 0 Å². The highest BCUT2D eigenvalue weighted by Gasteiger charge is 2.32. The quantitative estimate of drug-likeness (QED) is 0.252. The summed E-state index contributed by atoms with van der Waals surface area (Å²) >= 11 is 3.22. The average molecular weight is 533 g/mol. The van der Waals surface area contributed by atoms with Gasteiger partial charge in [0.05, 0.1) is 5.56 Å². The fourth-order valence-corrected chi connectivity index (χ4v) is 3.33. The molecular formula is C24H20BrF3N4O2. The minimum atomic E-state index is -4.65. The van der Waals surface area contributed by atoms with Crippen molar-refractivity contribution >= 4 is 39.3 Å². The van der Waals surface area contributed by atoms with Gasteiger partial charge in [-0.1, -0.05) is 30.3 Å². The molecule has 1 heterocycles. The Morgan fingerprint density at radius 2 is 1.68 bits per heavy atom. The number of anilines is 1. The molecule has 0 bridgehead atoms. The summed E-state index contributed by atoms with van der Waals surface area (Å²) < 4.78 is 40.5. The molecule has 0 aliphatic carbocycles. The van der Waals surface area contributed by atoms with E-state index in [0.29, 0.717) is 15.6 Å². The number of aromatic nitrogens is 1. The molecule has 0 fully saturated rings. The van der Waals surface area contributed by atoms with Gasteiger partial charge in [0.25, 0.3) is 5.91 Å². The van der Waals surface area contributed by atoms with Crippen molar-refractivity contribution in [3.8, 4) is 0 Å². The van der Waals surface area contributed by atoms with E-state index in [4.69, 9.17) is 5.41 Å². The van der Waals surface area contributed by atoms with Gasteiger partial charge in [-0.2, -0.15) is 13.2 Å². The first kappa shape index (κ1) is 25.1. The van der Waals surface area contributed by atoms with Crippen LogP contribution >= 0.6 is 15.9 Å². The molecule has 3 aromatic rings. The van der Waals surface area contributed by atoms with Gasteiger partial charge in [0.15, 0.2) is 5.78 Å². The molecule has 2 N–H and O–H groups in total. The number of carbonyl (C=O) groups excluding carboxylic acids is 2. The summed E-state index contributed by atoms with van der Waals surface area (Å²) in [6.45, 7) is 0. The first-order valence-corrected chi connectivity index (χ1v) is 10.8. The van der Waals surface area contributed by atoms with E-state index in [1.165, 1.54) is 12.3 Å². The van der Waals surface area contributed by atoms with Crippen LogP contribution in [0.3, 0.4) is 0 Å². The maximum absolute atomic E-state index is 13.3. The molecule has 0 atom stereocenters. The normalized spacial score (nSPS) is 11.1. The Labute approximate surface area is 202 Å². The van der Waals surface area contributed by atoms with Gasteiger partial charge in [0, 0.05) is 47.9 Å². The third-order valence-electron chi connectivity index (χ3n) is 4.93. The van der Waals surface area contributed by atoms with Gasteiger partial charge in [-0.15, -0.1) is 0 Å². The van der Waals surface area contributed by atoms with Crippen LogP contribution in [0.25, 0.3) is 0 Å². The molecule has 34 heavy (non-hydrogen) atoms. The lowest BCUT2D eigenvalue weighted by Gasteiger charge is -2.15. The largest absolute Gasteiger partial charge is 0.416 e. The van der Waals surface area contributed by atoms with Gasteiger partial charge in [0.2, 0.25) is 0 Å². The zero-order valence-electron chi connectivity index (χ0n) is 18.2. The predicted octanol–water partition coefficient (Wildman–Crippen LogP) is 5.43. The number of benzene rings is 2. The molecule has 2 aromatic carbocycles. The topological polar surface area (TPSA) is 86.2 Å². The molecule has 1 amide bonds. The average Bonchev–Trinajstić information content (AvgIpc) is 2.79. The van der Waals surface area contributed by atoms with E-state index in [-0.39, 0.29) is 35.0 Å². The molecule has 0 saturated heterocycles. The second kappa shape index (κ2) is 10.2. The van der Waals surface area contributed by atoms with E-state index in [1.807, 2.05) is 0 Å². The van der Waals surface area contributed by atoms with Crippen LogP contribution in [0.2, 0.25) is 0 Å². The number of hydrogen-bond acceptors (Lipinski definition) is 4. The van der Waals surface area contributed by atoms with Crippen LogP contribution in [0.1, 0.15) is 37.4 Å². The minimum Gasteiger partial charge on any atom is -0.363 e. The van der Waals surface area contributed by atoms with Crippen molar-refractivity contribution < 1.29 is 22.8 Å². The number of ketones is 1. The Balaban J connectivity index is 1.89. The highest BCUT2D eigenvalue weighted by molar-refractivity contribution is 9.10. The molecule has 0 spiro atoms. The molecule has 0 saturated carbocycles. The van der Waals surface area contributed by atoms with Gasteiger partial charge in [0.1, 0.15) is 11.7 Å². The molecule has 0 aliphatic rings. The molecule has 0 unspecified atom stereocenters. The monoisotopic (exact) mass is 532 g/mol. The highest BCUT2D eigenvalue weighted by Crippen LogP contribution is 2.31. The molecule has 0 radical (unpaired) electrons. The Morgan fingerprint density at radius 1 is 1.03 bits per heavy atom. The molecule has 176 valence electrons. The van der Waals surface area contributed by atoms with Crippen molar-refractivity contribution in [2.24, 2.45) is 0 Å². The summed E-state index contributed by atoms with van der Waals surface area (Å²) in [7, 11) is 3.45. The second-order valence-corrected chi connectivity index (χ2v) is 8.52. The summed E-state index contributed by atoms with van der Waals surface area (Å²) in [5.74, 6) is -0.763. The Bertz CT molecular complexity index is 1220. The lowest BCUT2D eigenvalue weighted by molar-refractivity contribution is -0.137. The fourth-order valence-electron chi connectivity index (χ4n) is 3.10. The van der Waals surface area contributed by atoms with Gasteiger partial charge >= 0.3 is 6.18 Å². The highest BCUT2D eigenvalue weighted by atomic mass is 79.9. The van der Waals surface area contributed by atoms with Crippen molar-refractivity contribution in [2.75, 3.05) is 19.4 Å². The SMILES string of the molecule is CN(C)C(=N)c1ccc(C(=O)Cc2ccc(C(F)(F)F)cc2C(=O)Nc2ccc(Br)cn2)cc1. The number of hydrogen-bond donors (Lipinski definition) is 2. The van der Waals surface area contributed by atoms with E-state index < -0.39 is 17.6 Å². The zero-order valence-corrected chi connectivity index (χ0v) is 19.8. The van der Waals surface area contributed by atoms with Crippen molar-refractivity contribution in [2.45, 2.75) is 12.6 Å². The molecular weight excluding hydrogens is 513 g/mol. The van der Waals surface area contributed by atoms with Crippen LogP contribution in [0.15, 0.2) is 65.3 Å². The van der Waals surface area contributed by atoms with E-state index in [2.05, 4.69) is 26.2 Å². The number of rotatable bonds is 6. The van der Waals surface area contributed by atoms with E-state index >= 15 is 0 Å². The fraction of sp³-hybridized carbons (Fsp3) is 0.167. The lowest BCUT2D eigenvalue weighted by Crippen LogP contribution is -2.21. The number of pyridine rings is 1. The number of nitrogens with one attached hydrogen (secondary N) is 2. The molecule has 1 aromatic heterocycles. The van der Waals surface area contributed by atoms with Crippen LogP contribution in [0.4, 0.5) is 19.0 Å². The predicted molar refractivity (Wildman–Crippen MR) is 126 cm³/mol. The molecule has 3 rings (SSSR count). The summed E-state index contributed by atoms with van der Waals surface area (Å²) in [6, 6.07) is 12.2. The number of amidine groups is 1. The molecule has 10 heteroatoms. The summed E-state index contributed by atoms with van der Waals surface area (Å²) in [4.78, 5) is 31.3. The number of nitrogens with zero attached hydrogens (tertiary/aromatic N) is 2. The maximum Gasteiger partial charge on any atom is 0.416 e. The maximum atomic E-state index is 13.3. The lowest BCUT2D eigenvalue weighted by atomic mass is 9.95. The summed E-state index contributed by atoms with van der Waals surface area (Å²) in [6.07, 6.45) is -3.49. The number of amides is 1. The van der Waals surface area contributed by atoms with Crippen LogP contribution in [-0.2, 0) is 12.6 Å². The van der Waals surface area contributed by atoms with Crippen LogP contribution in [0, 0.1) is 5.41 Å². The standard InChI is InChI=1S/C24H20BrF3N4O2/c1-32(2)22(29)15-5-3-14(4-6-15)20(33)11-16-7-8-17(24(26,27)28)12-19(16)23(34)31-21-10-9-18(25)13-30-21/h3-10,12-13,29H,11H2,1-2H3,(H,30,31,34). The first-order valence-electron chi connectivity index (χ1n) is 9.98. The Morgan fingerprint density at radius 3 is 2.24 bits per heavy atom. The first-order chi connectivity index (χ1) is 16.0. The van der Waals surface area contributed by atoms with Crippen LogP contribution in [-0.4, -0.2) is 41.5 Å². The number of alkyl halides is 3. The van der Waals surface area contributed by atoms with Crippen molar-refractivity contribution in [1.29, 1.82) is 5.41 Å². The van der Waals surface area contributed by atoms with Gasteiger partial charge in [-0.25, -0.2) is 4.98 Å². The van der Waals surface area contributed by atoms with E-state index in [1.54, 1.807) is 49.3 Å². The molecule has 6 nitrogen and oxygen atoms in total. The van der Waals surface area contributed by atoms with Gasteiger partial charge < -0.3 is 10.2 Å². The zero-order chi connectivity index (χ0) is 25.0. The van der Waals surface area contributed by atoms with Crippen molar-refractivity contribution in [3.63, 3.8) is 0 Å². The summed E-state index contributed by atoms with van der Waals surface area (Å²) in [5.41, 5.74) is -0.185. The third-order valence-corrected chi connectivity index (χ3v) is 5.40. The van der Waals surface area contributed by atoms with E-state index in [0.717, 1.165) is 18.2 Å². The minimum absolute atomic E-state index is 0.151. The number of carbonyl (C=O) groups is 2. The third kappa shape index (κ3) is 6.07. The van der Waals surface area contributed by atoms with Gasteiger partial charge in [-0.3, -0.25) is 15.0 Å². The van der Waals surface area contributed by atoms with Crippen LogP contribution < -0.4 is 5.32 Å². The molecule has 0 aliphatic heterocycles. The van der Waals surface area contributed by atoms with Crippen molar-refractivity contribution in [3.05, 3.63) is 93.1 Å². The Hall–Kier alpha value is -3.53. The summed E-state index contributed by atoms with van der Waals surface area (Å²) in [5, 5.41) is 10.5. The number of Topliss-reactive ketones (excluding diaryl/α,β-unsaturated/α-hetero) is 1. The smallest absolute Gasteiger partial charge is 0.363 e. The number of halogens is 4. The Kier molecular flexibility index (Phi) is 7.51. The second-order valence-electron chi connectivity index (χ2n) is 7.61.